The Balaban J connectivity index is 1.63. The summed E-state index contributed by atoms with van der Waals surface area (Å²) in [5.41, 5.74) is 6.53. The van der Waals surface area contributed by atoms with Crippen molar-refractivity contribution in [1.82, 2.24) is 4.90 Å². The van der Waals surface area contributed by atoms with Gasteiger partial charge in [0.15, 0.2) is 0 Å². The van der Waals surface area contributed by atoms with Crippen molar-refractivity contribution in [1.29, 1.82) is 0 Å². The van der Waals surface area contributed by atoms with Gasteiger partial charge in [-0.15, -0.1) is 0 Å². The van der Waals surface area contributed by atoms with E-state index in [1.54, 1.807) is 0 Å². The van der Waals surface area contributed by atoms with Gasteiger partial charge in [0.25, 0.3) is 0 Å². The van der Waals surface area contributed by atoms with Crippen LogP contribution in [0.4, 0.5) is 5.69 Å². The Hall–Kier alpha value is -1.22. The summed E-state index contributed by atoms with van der Waals surface area (Å²) < 4.78 is 5.67. The predicted molar refractivity (Wildman–Crippen MR) is 71.2 cm³/mol. The maximum absolute atomic E-state index is 5.81. The van der Waals surface area contributed by atoms with Gasteiger partial charge in [-0.3, -0.25) is 4.90 Å². The molecule has 0 unspecified atom stereocenters. The molecule has 1 aromatic rings. The average Bonchev–Trinajstić information content (AvgIpc) is 2.28. The first kappa shape index (κ1) is 12.2. The molecule has 1 aliphatic rings. The molecule has 0 atom stereocenters. The van der Waals surface area contributed by atoms with E-state index in [-0.39, 0.29) is 0 Å². The lowest BCUT2D eigenvalue weighted by Gasteiger charge is -2.39. The van der Waals surface area contributed by atoms with Crippen LogP contribution in [-0.4, -0.2) is 31.1 Å². The Morgan fingerprint density at radius 2 is 2.12 bits per heavy atom. The summed E-state index contributed by atoms with van der Waals surface area (Å²) in [6, 6.07) is 7.67. The fourth-order valence-electron chi connectivity index (χ4n) is 2.35. The molecule has 2 N–H and O–H groups in total. The van der Waals surface area contributed by atoms with Crippen LogP contribution in [0, 0.1) is 5.92 Å². The van der Waals surface area contributed by atoms with E-state index >= 15 is 0 Å². The Labute approximate surface area is 104 Å². The fourth-order valence-corrected chi connectivity index (χ4v) is 2.35. The molecular weight excluding hydrogens is 212 g/mol. The Bertz CT molecular complexity index is 348. The normalized spacial score (nSPS) is 16.8. The third-order valence-corrected chi connectivity index (χ3v) is 3.31. The van der Waals surface area contributed by atoms with Crippen LogP contribution in [-0.2, 0) is 0 Å². The number of ether oxygens (including phenoxy) is 1. The molecular formula is C14H22N2O. The van der Waals surface area contributed by atoms with Gasteiger partial charge in [0.05, 0.1) is 5.69 Å². The summed E-state index contributed by atoms with van der Waals surface area (Å²) in [7, 11) is 0. The van der Waals surface area contributed by atoms with E-state index in [1.807, 2.05) is 24.3 Å². The van der Waals surface area contributed by atoms with Gasteiger partial charge in [-0.2, -0.15) is 0 Å². The second kappa shape index (κ2) is 5.92. The smallest absolute Gasteiger partial charge is 0.142 e. The van der Waals surface area contributed by atoms with Crippen molar-refractivity contribution in [3.63, 3.8) is 0 Å². The first-order valence-corrected chi connectivity index (χ1v) is 6.49. The van der Waals surface area contributed by atoms with Crippen LogP contribution in [0.15, 0.2) is 24.3 Å². The van der Waals surface area contributed by atoms with Crippen molar-refractivity contribution in [3.8, 4) is 5.75 Å². The van der Waals surface area contributed by atoms with Crippen molar-refractivity contribution in [2.24, 2.45) is 5.92 Å². The number of hydrogen-bond donors (Lipinski definition) is 1. The van der Waals surface area contributed by atoms with Crippen molar-refractivity contribution in [3.05, 3.63) is 24.3 Å². The summed E-state index contributed by atoms with van der Waals surface area (Å²) in [4.78, 5) is 2.44. The molecule has 0 amide bonds. The number of nitrogens with two attached hydrogens (primary N) is 1. The van der Waals surface area contributed by atoms with Crippen molar-refractivity contribution < 1.29 is 4.74 Å². The summed E-state index contributed by atoms with van der Waals surface area (Å²) in [5.74, 6) is 1.72. The van der Waals surface area contributed by atoms with Crippen LogP contribution < -0.4 is 10.5 Å². The number of rotatable bonds is 6. The van der Waals surface area contributed by atoms with E-state index in [1.165, 1.54) is 25.9 Å². The molecule has 2 rings (SSSR count). The number of para-hydroxylation sites is 2. The fraction of sp³-hybridized carbons (Fsp3) is 0.571. The van der Waals surface area contributed by atoms with Crippen LogP contribution >= 0.6 is 0 Å². The van der Waals surface area contributed by atoms with Crippen LogP contribution in [0.2, 0.25) is 0 Å². The highest BCUT2D eigenvalue weighted by atomic mass is 16.5. The third-order valence-electron chi connectivity index (χ3n) is 3.31. The van der Waals surface area contributed by atoms with Crippen LogP contribution in [0.3, 0.4) is 0 Å². The predicted octanol–water partition coefficient (Wildman–Crippen LogP) is 2.38. The molecule has 0 aromatic heterocycles. The average molecular weight is 234 g/mol. The van der Waals surface area contributed by atoms with Gasteiger partial charge in [0.1, 0.15) is 12.4 Å². The highest BCUT2D eigenvalue weighted by Crippen LogP contribution is 2.21. The monoisotopic (exact) mass is 234 g/mol. The Kier molecular flexibility index (Phi) is 4.26. The van der Waals surface area contributed by atoms with E-state index in [0.717, 1.165) is 30.5 Å². The number of likely N-dealkylation sites (tertiary alicyclic amines) is 1. The number of anilines is 1. The summed E-state index contributed by atoms with van der Waals surface area (Å²) >= 11 is 0. The zero-order chi connectivity index (χ0) is 12.1. The zero-order valence-corrected chi connectivity index (χ0v) is 10.6. The number of benzene rings is 1. The Morgan fingerprint density at radius 1 is 1.35 bits per heavy atom. The minimum absolute atomic E-state index is 0.722. The van der Waals surface area contributed by atoms with Gasteiger partial charge >= 0.3 is 0 Å². The quantitative estimate of drug-likeness (QED) is 0.768. The molecule has 1 aliphatic heterocycles. The topological polar surface area (TPSA) is 38.5 Å². The van der Waals surface area contributed by atoms with Gasteiger partial charge in [0.2, 0.25) is 0 Å². The number of nitrogens with zero attached hydrogens (tertiary/aromatic N) is 1. The second-order valence-electron chi connectivity index (χ2n) is 4.80. The number of hydrogen-bond acceptors (Lipinski definition) is 3. The zero-order valence-electron chi connectivity index (χ0n) is 10.6. The molecule has 1 saturated heterocycles. The van der Waals surface area contributed by atoms with Crippen LogP contribution in [0.1, 0.15) is 19.8 Å². The minimum atomic E-state index is 0.722. The lowest BCUT2D eigenvalue weighted by atomic mass is 9.95. The highest BCUT2D eigenvalue weighted by molar-refractivity contribution is 5.51. The van der Waals surface area contributed by atoms with Crippen molar-refractivity contribution in [2.45, 2.75) is 19.8 Å². The van der Waals surface area contributed by atoms with E-state index < -0.39 is 0 Å². The van der Waals surface area contributed by atoms with Gasteiger partial charge in [-0.25, -0.2) is 0 Å². The van der Waals surface area contributed by atoms with Gasteiger partial charge in [-0.1, -0.05) is 25.5 Å². The lowest BCUT2D eigenvalue weighted by Crippen LogP contribution is -2.48. The summed E-state index contributed by atoms with van der Waals surface area (Å²) in [6.45, 7) is 6.47. The second-order valence-corrected chi connectivity index (χ2v) is 4.80. The molecule has 0 bridgehead atoms. The van der Waals surface area contributed by atoms with Crippen LogP contribution in [0.25, 0.3) is 0 Å². The summed E-state index contributed by atoms with van der Waals surface area (Å²) in [6.07, 6.45) is 2.67. The third kappa shape index (κ3) is 3.37. The largest absolute Gasteiger partial charge is 0.490 e. The molecule has 1 heterocycles. The first-order chi connectivity index (χ1) is 8.29. The Morgan fingerprint density at radius 3 is 2.82 bits per heavy atom. The van der Waals surface area contributed by atoms with E-state index in [9.17, 15) is 0 Å². The van der Waals surface area contributed by atoms with Crippen molar-refractivity contribution in [2.75, 3.05) is 32.0 Å². The molecule has 17 heavy (non-hydrogen) atoms. The molecule has 1 aromatic carbocycles. The van der Waals surface area contributed by atoms with E-state index in [4.69, 9.17) is 10.5 Å². The molecule has 0 radical (unpaired) electrons. The maximum Gasteiger partial charge on any atom is 0.142 e. The lowest BCUT2D eigenvalue weighted by molar-refractivity contribution is 0.0774. The molecule has 0 saturated carbocycles. The molecule has 1 fully saturated rings. The van der Waals surface area contributed by atoms with E-state index in [2.05, 4.69) is 11.8 Å². The maximum atomic E-state index is 5.81. The molecule has 94 valence electrons. The molecule has 0 aliphatic carbocycles. The van der Waals surface area contributed by atoms with Gasteiger partial charge < -0.3 is 10.5 Å². The minimum Gasteiger partial charge on any atom is -0.490 e. The first-order valence-electron chi connectivity index (χ1n) is 6.49. The van der Waals surface area contributed by atoms with Crippen LogP contribution in [0.5, 0.6) is 5.75 Å². The molecule has 3 heteroatoms. The number of nitrogen functional groups attached to an aromatic ring is 1. The SMILES string of the molecule is CCCC1CN(CCOc2ccccc2N)C1. The van der Waals surface area contributed by atoms with Crippen molar-refractivity contribution >= 4 is 5.69 Å². The van der Waals surface area contributed by atoms with Gasteiger partial charge in [0, 0.05) is 19.6 Å². The van der Waals surface area contributed by atoms with Gasteiger partial charge in [-0.05, 0) is 24.5 Å². The van der Waals surface area contributed by atoms with E-state index in [0.29, 0.717) is 0 Å². The summed E-state index contributed by atoms with van der Waals surface area (Å²) in [5, 5.41) is 0. The highest BCUT2D eigenvalue weighted by Gasteiger charge is 2.24. The standard InChI is InChI=1S/C14H22N2O/c1-2-5-12-10-16(11-12)8-9-17-14-7-4-3-6-13(14)15/h3-4,6-7,12H,2,5,8-11,15H2,1H3. The molecule has 3 nitrogen and oxygen atoms in total. The molecule has 0 spiro atoms.